The zero-order valence-electron chi connectivity index (χ0n) is 19.0. The van der Waals surface area contributed by atoms with Crippen LogP contribution >= 0.6 is 0 Å². The molecule has 34 heavy (non-hydrogen) atoms. The molecule has 0 unspecified atom stereocenters. The lowest BCUT2D eigenvalue weighted by Crippen LogP contribution is -2.47. The molecule has 1 saturated carbocycles. The first kappa shape index (κ1) is 24.1. The standard InChI is InChI=1S/C25H29N3O5S/c1-25(24(30)27-22(15-29)18-5-3-2-4-6-18)13-11-20(12-14-25)28-34(31,32)21-9-7-19(8-10-21)23-16-33-17-26-23/h2-10,16-17,20,22,28-29H,11-15H2,1H3,(H,27,30)/t20?,22-,25?/m1/s1. The fourth-order valence-electron chi connectivity index (χ4n) is 4.30. The summed E-state index contributed by atoms with van der Waals surface area (Å²) in [5.74, 6) is -0.125. The van der Waals surface area contributed by atoms with Crippen molar-refractivity contribution in [3.63, 3.8) is 0 Å². The first-order chi connectivity index (χ1) is 16.3. The van der Waals surface area contributed by atoms with Gasteiger partial charge in [0.1, 0.15) is 12.0 Å². The fourth-order valence-corrected chi connectivity index (χ4v) is 5.60. The van der Waals surface area contributed by atoms with Gasteiger partial charge < -0.3 is 14.8 Å². The molecule has 1 aliphatic carbocycles. The summed E-state index contributed by atoms with van der Waals surface area (Å²) in [6.45, 7) is 1.71. The van der Waals surface area contributed by atoms with Gasteiger partial charge in [-0.05, 0) is 43.4 Å². The van der Waals surface area contributed by atoms with Crippen molar-refractivity contribution in [1.29, 1.82) is 0 Å². The normalized spacial score (nSPS) is 21.6. The number of amides is 1. The van der Waals surface area contributed by atoms with Crippen molar-refractivity contribution in [3.8, 4) is 11.3 Å². The van der Waals surface area contributed by atoms with Crippen LogP contribution in [0.4, 0.5) is 0 Å². The second-order valence-corrected chi connectivity index (χ2v) is 10.7. The van der Waals surface area contributed by atoms with Gasteiger partial charge >= 0.3 is 0 Å². The van der Waals surface area contributed by atoms with Crippen LogP contribution in [0.5, 0.6) is 0 Å². The molecule has 1 atom stereocenters. The van der Waals surface area contributed by atoms with E-state index in [1.54, 1.807) is 24.3 Å². The van der Waals surface area contributed by atoms with Crippen LogP contribution in [0, 0.1) is 5.41 Å². The van der Waals surface area contributed by atoms with Crippen molar-refractivity contribution < 1.29 is 22.7 Å². The molecule has 0 spiro atoms. The molecule has 1 heterocycles. The summed E-state index contributed by atoms with van der Waals surface area (Å²) in [7, 11) is -3.69. The lowest BCUT2D eigenvalue weighted by atomic mass is 9.73. The third-order valence-corrected chi connectivity index (χ3v) is 8.08. The monoisotopic (exact) mass is 483 g/mol. The van der Waals surface area contributed by atoms with E-state index in [0.29, 0.717) is 31.4 Å². The van der Waals surface area contributed by atoms with E-state index in [0.717, 1.165) is 11.1 Å². The average molecular weight is 484 g/mol. The first-order valence-electron chi connectivity index (χ1n) is 11.3. The maximum atomic E-state index is 13.0. The minimum Gasteiger partial charge on any atom is -0.451 e. The third kappa shape index (κ3) is 5.38. The number of hydrogen-bond donors (Lipinski definition) is 3. The molecule has 4 rings (SSSR count). The predicted molar refractivity (Wildman–Crippen MR) is 127 cm³/mol. The van der Waals surface area contributed by atoms with Gasteiger partial charge in [0.15, 0.2) is 6.39 Å². The number of aliphatic hydroxyl groups excluding tert-OH is 1. The summed E-state index contributed by atoms with van der Waals surface area (Å²) >= 11 is 0. The minimum absolute atomic E-state index is 0.125. The van der Waals surface area contributed by atoms with Gasteiger partial charge in [-0.2, -0.15) is 0 Å². The number of benzene rings is 2. The maximum absolute atomic E-state index is 13.0. The van der Waals surface area contributed by atoms with Crippen molar-refractivity contribution in [2.75, 3.05) is 6.61 Å². The van der Waals surface area contributed by atoms with E-state index in [1.165, 1.54) is 12.7 Å². The van der Waals surface area contributed by atoms with Gasteiger partial charge in [-0.15, -0.1) is 0 Å². The summed E-state index contributed by atoms with van der Waals surface area (Å²) in [4.78, 5) is 17.3. The Kier molecular flexibility index (Phi) is 7.16. The van der Waals surface area contributed by atoms with Gasteiger partial charge in [-0.1, -0.05) is 49.4 Å². The number of aromatic nitrogens is 1. The van der Waals surface area contributed by atoms with E-state index >= 15 is 0 Å². The molecule has 3 aromatic rings. The van der Waals surface area contributed by atoms with Crippen LogP contribution < -0.4 is 10.0 Å². The second kappa shape index (κ2) is 10.1. The molecule has 1 aromatic heterocycles. The molecule has 1 aliphatic rings. The van der Waals surface area contributed by atoms with Crippen LogP contribution in [0.25, 0.3) is 11.3 Å². The Morgan fingerprint density at radius 1 is 1.15 bits per heavy atom. The van der Waals surface area contributed by atoms with E-state index in [4.69, 9.17) is 4.42 Å². The topological polar surface area (TPSA) is 122 Å². The molecule has 9 heteroatoms. The highest BCUT2D eigenvalue weighted by Crippen LogP contribution is 2.37. The lowest BCUT2D eigenvalue weighted by Gasteiger charge is -2.37. The summed E-state index contributed by atoms with van der Waals surface area (Å²) < 4.78 is 33.5. The molecular formula is C25H29N3O5S. The van der Waals surface area contributed by atoms with Crippen molar-refractivity contribution in [1.82, 2.24) is 15.0 Å². The molecule has 1 fully saturated rings. The number of carbonyl (C=O) groups excluding carboxylic acids is 1. The molecule has 180 valence electrons. The van der Waals surface area contributed by atoms with E-state index in [1.807, 2.05) is 37.3 Å². The Hall–Kier alpha value is -3.01. The van der Waals surface area contributed by atoms with Crippen LogP contribution in [0.3, 0.4) is 0 Å². The van der Waals surface area contributed by atoms with Crippen LogP contribution in [-0.2, 0) is 14.8 Å². The molecule has 8 nitrogen and oxygen atoms in total. The third-order valence-electron chi connectivity index (χ3n) is 6.54. The molecule has 0 bridgehead atoms. The highest BCUT2D eigenvalue weighted by Gasteiger charge is 2.39. The fraction of sp³-hybridized carbons (Fsp3) is 0.360. The van der Waals surface area contributed by atoms with Crippen LogP contribution in [-0.4, -0.2) is 37.1 Å². The van der Waals surface area contributed by atoms with Gasteiger partial charge in [0.05, 0.1) is 17.5 Å². The molecule has 2 aromatic carbocycles. The molecule has 3 N–H and O–H groups in total. The summed E-state index contributed by atoms with van der Waals surface area (Å²) in [6.07, 6.45) is 5.02. The highest BCUT2D eigenvalue weighted by molar-refractivity contribution is 7.89. The number of carbonyl (C=O) groups is 1. The van der Waals surface area contributed by atoms with E-state index < -0.39 is 21.5 Å². The maximum Gasteiger partial charge on any atom is 0.240 e. The minimum atomic E-state index is -3.69. The van der Waals surface area contributed by atoms with Crippen LogP contribution in [0.15, 0.2) is 76.6 Å². The van der Waals surface area contributed by atoms with Gasteiger partial charge in [-0.25, -0.2) is 18.1 Å². The summed E-state index contributed by atoms with van der Waals surface area (Å²) in [5.41, 5.74) is 1.63. The number of oxazole rings is 1. The van der Waals surface area contributed by atoms with Crippen LogP contribution in [0.2, 0.25) is 0 Å². The summed E-state index contributed by atoms with van der Waals surface area (Å²) in [6, 6.07) is 15.1. The van der Waals surface area contributed by atoms with Gasteiger partial charge in [0.2, 0.25) is 15.9 Å². The number of hydrogen-bond acceptors (Lipinski definition) is 6. The molecule has 0 aliphatic heterocycles. The molecule has 0 radical (unpaired) electrons. The number of aliphatic hydroxyl groups is 1. The zero-order valence-corrected chi connectivity index (χ0v) is 19.8. The van der Waals surface area contributed by atoms with Crippen molar-refractivity contribution in [3.05, 3.63) is 72.8 Å². The van der Waals surface area contributed by atoms with Gasteiger partial charge in [-0.3, -0.25) is 4.79 Å². The number of rotatable bonds is 8. The predicted octanol–water partition coefficient (Wildman–Crippen LogP) is 3.42. The Morgan fingerprint density at radius 3 is 2.41 bits per heavy atom. The van der Waals surface area contributed by atoms with Gasteiger partial charge in [0, 0.05) is 17.0 Å². The highest BCUT2D eigenvalue weighted by atomic mass is 32.2. The second-order valence-electron chi connectivity index (χ2n) is 8.97. The SMILES string of the molecule is CC1(C(=O)N[C@H](CO)c2ccccc2)CCC(NS(=O)(=O)c2ccc(-c3cocn3)cc2)CC1. The Bertz CT molecular complexity index is 1190. The van der Waals surface area contributed by atoms with Crippen LogP contribution in [0.1, 0.15) is 44.2 Å². The van der Waals surface area contributed by atoms with Gasteiger partial charge in [0.25, 0.3) is 0 Å². The zero-order chi connectivity index (χ0) is 24.2. The quantitative estimate of drug-likeness (QED) is 0.451. The number of nitrogens with one attached hydrogen (secondary N) is 2. The van der Waals surface area contributed by atoms with E-state index in [-0.39, 0.29) is 23.5 Å². The Labute approximate surface area is 199 Å². The summed E-state index contributed by atoms with van der Waals surface area (Å²) in [5, 5.41) is 12.7. The smallest absolute Gasteiger partial charge is 0.240 e. The number of sulfonamides is 1. The van der Waals surface area contributed by atoms with Crippen molar-refractivity contribution in [2.45, 2.75) is 49.6 Å². The molecular weight excluding hydrogens is 454 g/mol. The number of nitrogens with zero attached hydrogens (tertiary/aromatic N) is 1. The average Bonchev–Trinajstić information content (AvgIpc) is 3.39. The van der Waals surface area contributed by atoms with E-state index in [9.17, 15) is 18.3 Å². The van der Waals surface area contributed by atoms with Crippen molar-refractivity contribution in [2.24, 2.45) is 5.41 Å². The Balaban J connectivity index is 1.35. The van der Waals surface area contributed by atoms with Crippen molar-refractivity contribution >= 4 is 15.9 Å². The lowest BCUT2D eigenvalue weighted by molar-refractivity contribution is -0.133. The molecule has 1 amide bonds. The molecule has 0 saturated heterocycles. The van der Waals surface area contributed by atoms with E-state index in [2.05, 4.69) is 15.0 Å². The largest absolute Gasteiger partial charge is 0.451 e. The Morgan fingerprint density at radius 2 is 1.82 bits per heavy atom. The first-order valence-corrected chi connectivity index (χ1v) is 12.8.